The minimum Gasteiger partial charge on any atom is -0.502 e. The fourth-order valence-electron chi connectivity index (χ4n) is 14.4. The fraction of sp³-hybridized carbons (Fsp3) is 0.296. The van der Waals surface area contributed by atoms with Crippen LogP contribution in [-0.4, -0.2) is 69.1 Å². The van der Waals surface area contributed by atoms with Crippen molar-refractivity contribution in [2.75, 3.05) is 43.1 Å². The molecule has 2 amide bonds. The molecule has 0 bridgehead atoms. The van der Waals surface area contributed by atoms with Crippen molar-refractivity contribution in [1.29, 1.82) is 0 Å². The van der Waals surface area contributed by atoms with E-state index < -0.39 is 22.3 Å². The van der Waals surface area contributed by atoms with Crippen LogP contribution in [0.2, 0.25) is 0 Å². The quantitative estimate of drug-likeness (QED) is 0.107. The van der Waals surface area contributed by atoms with Gasteiger partial charge in [-0.1, -0.05) is 198 Å². The third-order valence-electron chi connectivity index (χ3n) is 18.5. The lowest BCUT2D eigenvalue weighted by molar-refractivity contribution is 0.0639. The van der Waals surface area contributed by atoms with Gasteiger partial charge in [-0.15, -0.1) is 0 Å². The van der Waals surface area contributed by atoms with Crippen LogP contribution in [-0.2, 0) is 30.3 Å². The Labute approximate surface area is 486 Å². The molecule has 4 aliphatic carbocycles. The van der Waals surface area contributed by atoms with Crippen LogP contribution in [0.5, 0.6) is 11.5 Å². The largest absolute Gasteiger partial charge is 0.502 e. The van der Waals surface area contributed by atoms with Crippen molar-refractivity contribution in [2.45, 2.75) is 96.1 Å². The molecule has 14 rings (SSSR count). The van der Waals surface area contributed by atoms with E-state index in [0.717, 1.165) is 44.9 Å². The van der Waals surface area contributed by atoms with E-state index in [-0.39, 0.29) is 53.9 Å². The number of pyridine rings is 2. The Kier molecular flexibility index (Phi) is 14.6. The maximum atomic E-state index is 14.4. The first-order valence-corrected chi connectivity index (χ1v) is 29.2. The van der Waals surface area contributed by atoms with Crippen molar-refractivity contribution in [3.8, 4) is 11.5 Å². The molecule has 12 nitrogen and oxygen atoms in total. The van der Waals surface area contributed by atoms with Gasteiger partial charge in [0.25, 0.3) is 11.8 Å². The summed E-state index contributed by atoms with van der Waals surface area (Å²) in [6.45, 7) is 8.66. The van der Waals surface area contributed by atoms with E-state index in [1.807, 2.05) is 38.7 Å². The molecule has 8 aromatic rings. The number of rotatable bonds is 14. The van der Waals surface area contributed by atoms with E-state index in [9.17, 15) is 24.3 Å². The van der Waals surface area contributed by atoms with Crippen LogP contribution in [0.15, 0.2) is 197 Å². The number of hydrogen-bond acceptors (Lipinski definition) is 8. The number of aromatic nitrogens is 2. The summed E-state index contributed by atoms with van der Waals surface area (Å²) < 4.78 is 9.80. The highest BCUT2D eigenvalue weighted by Crippen LogP contribution is 2.58. The predicted molar refractivity (Wildman–Crippen MR) is 327 cm³/mol. The third kappa shape index (κ3) is 8.87. The van der Waals surface area contributed by atoms with Crippen molar-refractivity contribution in [3.63, 3.8) is 0 Å². The van der Waals surface area contributed by atoms with Crippen LogP contribution in [0.3, 0.4) is 0 Å². The van der Waals surface area contributed by atoms with Gasteiger partial charge in [-0.05, 0) is 112 Å². The Hall–Kier alpha value is -8.90. The average Bonchev–Trinajstić information content (AvgIpc) is 3.94. The number of unbranched alkanes of at least 4 members (excludes halogenated alkanes) is 1. The zero-order chi connectivity index (χ0) is 56.3. The highest BCUT2D eigenvalue weighted by atomic mass is 16.5. The number of hydrogen-bond donors (Lipinski definition) is 1. The van der Waals surface area contributed by atoms with Gasteiger partial charge in [-0.2, -0.15) is 0 Å². The second kappa shape index (κ2) is 22.1. The number of ether oxygens (including phenoxy) is 1. The number of benzene rings is 6. The summed E-state index contributed by atoms with van der Waals surface area (Å²) in [5, 5.41) is 15.5. The summed E-state index contributed by atoms with van der Waals surface area (Å²) in [4.78, 5) is 57.8. The number of carbonyl (C=O) groups is 2. The van der Waals surface area contributed by atoms with Gasteiger partial charge in [-0.25, -0.2) is 0 Å². The van der Waals surface area contributed by atoms with Gasteiger partial charge in [0.2, 0.25) is 10.9 Å². The van der Waals surface area contributed by atoms with Crippen molar-refractivity contribution < 1.29 is 19.4 Å². The second-order valence-electron chi connectivity index (χ2n) is 23.0. The molecule has 0 saturated carbocycles. The maximum Gasteiger partial charge on any atom is 0.277 e. The van der Waals surface area contributed by atoms with Crippen molar-refractivity contribution in [1.82, 2.24) is 19.2 Å². The van der Waals surface area contributed by atoms with Gasteiger partial charge in [0.05, 0.1) is 6.61 Å². The average molecular weight is 1110 g/mol. The standard InChI is InChI=1S/C37H37N3O3.C33H31N3O3.CH4/c1-3-4-22-43-35-33(41)19-21-39-34(35)36(42)38(20-18-26(2)27-12-6-5-7-13-27)25-40(39)37-30(23-28-14-8-10-16-31(28)37)24-29-15-9-11-17-32(29)37;1-22(23-9-3-2-4-10-23)15-17-34-21-36(35-18-16-29(37)31(38)30(35)32(34)39)33-26(19-24-11-5-7-13-27(24)33)20-25-12-6-8-14-28(25)33;/h5-17,19,21,23,26H,3-4,18,20,22,24-25H2,1-2H3;2-14,16,18,22,26,38H,15,17,19-21H2,1H3;1H4. The lowest BCUT2D eigenvalue weighted by Gasteiger charge is -2.50. The molecule has 0 radical (unpaired) electrons. The summed E-state index contributed by atoms with van der Waals surface area (Å²) in [6, 6.07) is 58.0. The van der Waals surface area contributed by atoms with E-state index in [2.05, 4.69) is 170 Å². The van der Waals surface area contributed by atoms with Gasteiger partial charge in [0, 0.05) is 43.5 Å². The number of nitrogens with zero attached hydrogens (tertiary/aromatic N) is 6. The summed E-state index contributed by atoms with van der Waals surface area (Å²) in [7, 11) is 0. The van der Waals surface area contributed by atoms with E-state index in [1.54, 1.807) is 23.1 Å². The topological polar surface area (TPSA) is 121 Å². The Balaban J connectivity index is 0.000000163. The molecule has 2 aromatic heterocycles. The normalized spacial score (nSPS) is 20.0. The number of amides is 2. The van der Waals surface area contributed by atoms with Gasteiger partial charge < -0.3 is 19.6 Å². The molecular formula is C71H72N6O6. The molecule has 1 N–H and O–H groups in total. The van der Waals surface area contributed by atoms with Gasteiger partial charge in [-0.3, -0.25) is 38.5 Å². The monoisotopic (exact) mass is 1100 g/mol. The number of fused-ring (bicyclic) bond motifs is 12. The van der Waals surface area contributed by atoms with Crippen LogP contribution in [0.1, 0.15) is 142 Å². The van der Waals surface area contributed by atoms with Crippen LogP contribution < -0.4 is 25.6 Å². The summed E-state index contributed by atoms with van der Waals surface area (Å²) in [5.41, 5.74) is 12.2. The van der Waals surface area contributed by atoms with E-state index in [0.29, 0.717) is 38.7 Å². The van der Waals surface area contributed by atoms with Crippen LogP contribution in [0.4, 0.5) is 0 Å². The molecule has 3 unspecified atom stereocenters. The molecule has 2 aliphatic heterocycles. The van der Waals surface area contributed by atoms with E-state index in [4.69, 9.17) is 4.74 Å². The smallest absolute Gasteiger partial charge is 0.277 e. The molecule has 422 valence electrons. The van der Waals surface area contributed by atoms with Gasteiger partial charge >= 0.3 is 0 Å². The lowest BCUT2D eigenvalue weighted by atomic mass is 9.81. The Bertz CT molecular complexity index is 3880. The molecule has 12 heteroatoms. The van der Waals surface area contributed by atoms with Gasteiger partial charge in [0.1, 0.15) is 24.4 Å². The highest BCUT2D eigenvalue weighted by Gasteiger charge is 2.59. The minimum atomic E-state index is -0.609. The summed E-state index contributed by atoms with van der Waals surface area (Å²) in [6.07, 6.45) is 11.7. The van der Waals surface area contributed by atoms with Crippen molar-refractivity contribution in [2.24, 2.45) is 5.92 Å². The van der Waals surface area contributed by atoms with Gasteiger partial charge in [0.15, 0.2) is 22.9 Å². The molecule has 4 heterocycles. The maximum absolute atomic E-state index is 14.4. The Morgan fingerprint density at radius 1 is 0.566 bits per heavy atom. The SMILES string of the molecule is C.CC(CCN1CN(C23c4ccccc4CC2Cc2ccccc23)n2ccc(=O)c(O)c2C1=O)c1ccccc1.CCCCOc1c2n(ccc1=O)N(C13C(=Cc4ccccc41)Cc1ccccc13)CN(CCC(C)c1ccccc1)C2=O. The predicted octanol–water partition coefficient (Wildman–Crippen LogP) is 11.9. The fourth-order valence-corrected chi connectivity index (χ4v) is 14.4. The molecular weight excluding hydrogens is 1030 g/mol. The molecule has 83 heavy (non-hydrogen) atoms. The minimum absolute atomic E-state index is 0. The molecule has 0 saturated heterocycles. The second-order valence-corrected chi connectivity index (χ2v) is 23.0. The third-order valence-corrected chi connectivity index (χ3v) is 18.5. The molecule has 0 spiro atoms. The van der Waals surface area contributed by atoms with E-state index >= 15 is 0 Å². The molecule has 6 aromatic carbocycles. The zero-order valence-corrected chi connectivity index (χ0v) is 46.8. The number of aromatic hydroxyl groups is 1. The number of carbonyl (C=O) groups excluding carboxylic acids is 2. The van der Waals surface area contributed by atoms with E-state index in [1.165, 1.54) is 67.3 Å². The first-order chi connectivity index (χ1) is 40.0. The summed E-state index contributed by atoms with van der Waals surface area (Å²) in [5.74, 6) is -0.0283. The lowest BCUT2D eigenvalue weighted by Crippen LogP contribution is -2.63. The highest BCUT2D eigenvalue weighted by molar-refractivity contribution is 5.97. The molecule has 6 aliphatic rings. The Morgan fingerprint density at radius 3 is 1.66 bits per heavy atom. The summed E-state index contributed by atoms with van der Waals surface area (Å²) >= 11 is 0. The van der Waals surface area contributed by atoms with Crippen LogP contribution in [0.25, 0.3) is 6.08 Å². The first kappa shape index (κ1) is 54.7. The van der Waals surface area contributed by atoms with Crippen molar-refractivity contribution in [3.05, 3.63) is 275 Å². The van der Waals surface area contributed by atoms with Crippen LogP contribution >= 0.6 is 0 Å². The van der Waals surface area contributed by atoms with Crippen molar-refractivity contribution >= 4 is 17.9 Å². The first-order valence-electron chi connectivity index (χ1n) is 29.2. The molecule has 0 fully saturated rings. The molecule has 3 atom stereocenters. The zero-order valence-electron chi connectivity index (χ0n) is 46.8. The van der Waals surface area contributed by atoms with Crippen LogP contribution in [0, 0.1) is 5.92 Å². The Morgan fingerprint density at radius 2 is 1.06 bits per heavy atom.